The van der Waals surface area contributed by atoms with E-state index >= 15 is 0 Å². The summed E-state index contributed by atoms with van der Waals surface area (Å²) in [6.45, 7) is 2.10. The minimum Gasteiger partial charge on any atom is -0.463 e. The van der Waals surface area contributed by atoms with Gasteiger partial charge in [-0.05, 0) is 30.9 Å². The minimum absolute atomic E-state index is 0.336. The van der Waals surface area contributed by atoms with Gasteiger partial charge in [-0.2, -0.15) is 5.26 Å². The van der Waals surface area contributed by atoms with Gasteiger partial charge in [-0.15, -0.1) is 0 Å². The standard InChI is InChI=1S/C14H13NO2/c1-2-17-14(16)12-8-7-10-5-3-4-6-11(10)13(12)9-15/h3-6H,2,7-8H2,1H3. The lowest BCUT2D eigenvalue weighted by Crippen LogP contribution is -2.14. The van der Waals surface area contributed by atoms with Gasteiger partial charge in [0.15, 0.2) is 0 Å². The van der Waals surface area contributed by atoms with Crippen LogP contribution in [-0.2, 0) is 16.0 Å². The average molecular weight is 227 g/mol. The van der Waals surface area contributed by atoms with Gasteiger partial charge < -0.3 is 4.74 Å². The number of aryl methyl sites for hydroxylation is 1. The van der Waals surface area contributed by atoms with Gasteiger partial charge in [-0.3, -0.25) is 0 Å². The Balaban J connectivity index is 2.49. The highest BCUT2D eigenvalue weighted by Gasteiger charge is 2.23. The molecule has 1 aromatic rings. The topological polar surface area (TPSA) is 50.1 Å². The van der Waals surface area contributed by atoms with E-state index in [9.17, 15) is 10.1 Å². The Kier molecular flexibility index (Phi) is 3.24. The summed E-state index contributed by atoms with van der Waals surface area (Å²) >= 11 is 0. The Morgan fingerprint density at radius 2 is 2.18 bits per heavy atom. The van der Waals surface area contributed by atoms with Gasteiger partial charge in [0.2, 0.25) is 0 Å². The van der Waals surface area contributed by atoms with Crippen LogP contribution in [0.25, 0.3) is 5.57 Å². The lowest BCUT2D eigenvalue weighted by atomic mass is 9.86. The average Bonchev–Trinajstić information content (AvgIpc) is 2.37. The van der Waals surface area contributed by atoms with E-state index in [1.54, 1.807) is 6.92 Å². The molecule has 3 nitrogen and oxygen atoms in total. The van der Waals surface area contributed by atoms with Crippen molar-refractivity contribution >= 4 is 11.5 Å². The number of carbonyl (C=O) groups excluding carboxylic acids is 1. The molecule has 0 aliphatic heterocycles. The number of esters is 1. The first-order chi connectivity index (χ1) is 8.27. The Bertz CT molecular complexity index is 523. The highest BCUT2D eigenvalue weighted by atomic mass is 16.5. The molecule has 1 aromatic carbocycles. The van der Waals surface area contributed by atoms with E-state index < -0.39 is 0 Å². The molecule has 86 valence electrons. The number of allylic oxidation sites excluding steroid dienone is 1. The Morgan fingerprint density at radius 3 is 2.88 bits per heavy atom. The largest absolute Gasteiger partial charge is 0.463 e. The van der Waals surface area contributed by atoms with Crippen LogP contribution in [-0.4, -0.2) is 12.6 Å². The van der Waals surface area contributed by atoms with Crippen LogP contribution in [0.4, 0.5) is 0 Å². The lowest BCUT2D eigenvalue weighted by molar-refractivity contribution is -0.138. The smallest absolute Gasteiger partial charge is 0.335 e. The monoisotopic (exact) mass is 227 g/mol. The molecule has 1 aliphatic carbocycles. The maximum absolute atomic E-state index is 11.7. The van der Waals surface area contributed by atoms with Gasteiger partial charge in [0.25, 0.3) is 0 Å². The van der Waals surface area contributed by atoms with Crippen molar-refractivity contribution in [3.63, 3.8) is 0 Å². The van der Waals surface area contributed by atoms with Gasteiger partial charge in [-0.1, -0.05) is 24.3 Å². The number of hydrogen-bond acceptors (Lipinski definition) is 3. The van der Waals surface area contributed by atoms with Crippen molar-refractivity contribution in [1.82, 2.24) is 0 Å². The molecule has 3 heteroatoms. The molecule has 0 N–H and O–H groups in total. The van der Waals surface area contributed by atoms with Gasteiger partial charge in [0.05, 0.1) is 17.8 Å². The van der Waals surface area contributed by atoms with Crippen LogP contribution >= 0.6 is 0 Å². The SMILES string of the molecule is CCOC(=O)C1=C(C#N)c2ccccc2CC1. The Hall–Kier alpha value is -2.08. The van der Waals surface area contributed by atoms with Crippen LogP contribution in [0.3, 0.4) is 0 Å². The van der Waals surface area contributed by atoms with Crippen molar-refractivity contribution in [1.29, 1.82) is 5.26 Å². The number of rotatable bonds is 2. The second-order valence-electron chi connectivity index (χ2n) is 3.84. The van der Waals surface area contributed by atoms with E-state index in [-0.39, 0.29) is 5.97 Å². The van der Waals surface area contributed by atoms with Crippen LogP contribution in [0, 0.1) is 11.3 Å². The van der Waals surface area contributed by atoms with Crippen molar-refractivity contribution in [2.24, 2.45) is 0 Å². The van der Waals surface area contributed by atoms with E-state index in [1.165, 1.54) is 0 Å². The molecule has 2 rings (SSSR count). The fourth-order valence-corrected chi connectivity index (χ4v) is 2.08. The molecule has 0 heterocycles. The zero-order valence-electron chi connectivity index (χ0n) is 9.69. The summed E-state index contributed by atoms with van der Waals surface area (Å²) in [5.41, 5.74) is 2.96. The van der Waals surface area contributed by atoms with Gasteiger partial charge in [-0.25, -0.2) is 4.79 Å². The van der Waals surface area contributed by atoms with Gasteiger partial charge in [0.1, 0.15) is 6.07 Å². The summed E-state index contributed by atoms with van der Waals surface area (Å²) in [5, 5.41) is 9.21. The summed E-state index contributed by atoms with van der Waals surface area (Å²) in [4.78, 5) is 11.7. The summed E-state index contributed by atoms with van der Waals surface area (Å²) in [6.07, 6.45) is 1.37. The van der Waals surface area contributed by atoms with Crippen molar-refractivity contribution in [3.05, 3.63) is 41.0 Å². The van der Waals surface area contributed by atoms with Crippen molar-refractivity contribution in [3.8, 4) is 6.07 Å². The molecule has 0 saturated carbocycles. The molecule has 0 fully saturated rings. The quantitative estimate of drug-likeness (QED) is 0.729. The molecular weight excluding hydrogens is 214 g/mol. The van der Waals surface area contributed by atoms with Crippen molar-refractivity contribution < 1.29 is 9.53 Å². The number of benzene rings is 1. The Labute approximate surface area is 100 Å². The fourth-order valence-electron chi connectivity index (χ4n) is 2.08. The van der Waals surface area contributed by atoms with Crippen LogP contribution in [0.2, 0.25) is 0 Å². The third-order valence-electron chi connectivity index (χ3n) is 2.87. The lowest BCUT2D eigenvalue weighted by Gasteiger charge is -2.18. The molecule has 0 spiro atoms. The van der Waals surface area contributed by atoms with Gasteiger partial charge >= 0.3 is 5.97 Å². The Morgan fingerprint density at radius 1 is 1.41 bits per heavy atom. The molecule has 0 unspecified atom stereocenters. The maximum Gasteiger partial charge on any atom is 0.335 e. The van der Waals surface area contributed by atoms with E-state index in [0.717, 1.165) is 17.5 Å². The second-order valence-corrected chi connectivity index (χ2v) is 3.84. The summed E-state index contributed by atoms with van der Waals surface area (Å²) < 4.78 is 4.98. The molecular formula is C14H13NO2. The normalized spacial score (nSPS) is 13.9. The molecule has 0 amide bonds. The number of fused-ring (bicyclic) bond motifs is 1. The molecule has 0 saturated heterocycles. The first-order valence-electron chi connectivity index (χ1n) is 5.66. The number of ether oxygens (including phenoxy) is 1. The molecule has 0 bridgehead atoms. The summed E-state index contributed by atoms with van der Waals surface area (Å²) in [5.74, 6) is -0.362. The molecule has 0 radical (unpaired) electrons. The third kappa shape index (κ3) is 2.07. The van der Waals surface area contributed by atoms with Crippen LogP contribution in [0.5, 0.6) is 0 Å². The van der Waals surface area contributed by atoms with E-state index in [1.807, 2.05) is 24.3 Å². The molecule has 0 aromatic heterocycles. The number of nitrogens with zero attached hydrogens (tertiary/aromatic N) is 1. The molecule has 0 atom stereocenters. The minimum atomic E-state index is -0.362. The zero-order valence-corrected chi connectivity index (χ0v) is 9.69. The first-order valence-corrected chi connectivity index (χ1v) is 5.66. The summed E-state index contributed by atoms with van der Waals surface area (Å²) in [6, 6.07) is 9.83. The molecule has 1 aliphatic rings. The van der Waals surface area contributed by atoms with Gasteiger partial charge in [0, 0.05) is 0 Å². The number of hydrogen-bond donors (Lipinski definition) is 0. The van der Waals surface area contributed by atoms with Crippen LogP contribution < -0.4 is 0 Å². The van der Waals surface area contributed by atoms with E-state index in [2.05, 4.69) is 6.07 Å². The predicted octanol–water partition coefficient (Wildman–Crippen LogP) is 2.47. The highest BCUT2D eigenvalue weighted by molar-refractivity contribution is 6.02. The number of carbonyl (C=O) groups is 1. The van der Waals surface area contributed by atoms with Crippen molar-refractivity contribution in [2.75, 3.05) is 6.61 Å². The zero-order chi connectivity index (χ0) is 12.3. The second kappa shape index (κ2) is 4.84. The third-order valence-corrected chi connectivity index (χ3v) is 2.87. The van der Waals surface area contributed by atoms with Crippen LogP contribution in [0.1, 0.15) is 24.5 Å². The van der Waals surface area contributed by atoms with E-state index in [0.29, 0.717) is 24.2 Å². The highest BCUT2D eigenvalue weighted by Crippen LogP contribution is 2.31. The number of nitriles is 1. The summed E-state index contributed by atoms with van der Waals surface area (Å²) in [7, 11) is 0. The van der Waals surface area contributed by atoms with Crippen molar-refractivity contribution in [2.45, 2.75) is 19.8 Å². The first kappa shape index (κ1) is 11.4. The predicted molar refractivity (Wildman–Crippen MR) is 63.9 cm³/mol. The van der Waals surface area contributed by atoms with Crippen LogP contribution in [0.15, 0.2) is 29.8 Å². The maximum atomic E-state index is 11.7. The molecule has 17 heavy (non-hydrogen) atoms. The van der Waals surface area contributed by atoms with E-state index in [4.69, 9.17) is 4.74 Å². The fraction of sp³-hybridized carbons (Fsp3) is 0.286.